The second-order valence-corrected chi connectivity index (χ2v) is 8.00. The highest BCUT2D eigenvalue weighted by molar-refractivity contribution is 6.05. The number of halogens is 1. The predicted octanol–water partition coefficient (Wildman–Crippen LogP) is 4.99. The number of fused-ring (bicyclic) bond motifs is 1. The molecule has 1 aliphatic heterocycles. The topological polar surface area (TPSA) is 68.5 Å². The average Bonchev–Trinajstić information content (AvgIpc) is 3.26. The molecule has 0 aliphatic carbocycles. The number of hydrogen-bond acceptors (Lipinski definition) is 4. The SMILES string of the molecule is Cc1ncc(-c2cccn3c(C4CCOCC4)ncc23)cc1C(=O)Nc1ccc(F)cc1. The largest absolute Gasteiger partial charge is 0.381 e. The molecule has 1 fully saturated rings. The highest BCUT2D eigenvalue weighted by Crippen LogP contribution is 2.31. The highest BCUT2D eigenvalue weighted by Gasteiger charge is 2.21. The van der Waals surface area contributed by atoms with E-state index in [1.54, 1.807) is 13.1 Å². The second kappa shape index (κ2) is 8.51. The van der Waals surface area contributed by atoms with Gasteiger partial charge in [0.1, 0.15) is 11.6 Å². The number of ether oxygens (including phenoxy) is 1. The van der Waals surface area contributed by atoms with Crippen LogP contribution in [0.4, 0.5) is 10.1 Å². The Balaban J connectivity index is 1.49. The fourth-order valence-electron chi connectivity index (χ4n) is 4.19. The average molecular weight is 430 g/mol. The van der Waals surface area contributed by atoms with E-state index in [2.05, 4.69) is 14.7 Å². The number of aryl methyl sites for hydroxylation is 1. The van der Waals surface area contributed by atoms with Crippen molar-refractivity contribution in [3.63, 3.8) is 0 Å². The van der Waals surface area contributed by atoms with Crippen molar-refractivity contribution in [2.75, 3.05) is 18.5 Å². The van der Waals surface area contributed by atoms with E-state index in [9.17, 15) is 9.18 Å². The Hall–Kier alpha value is -3.58. The van der Waals surface area contributed by atoms with Crippen LogP contribution in [0.3, 0.4) is 0 Å². The first-order valence-electron chi connectivity index (χ1n) is 10.7. The number of anilines is 1. The molecule has 5 rings (SSSR count). The lowest BCUT2D eigenvalue weighted by molar-refractivity contribution is 0.0835. The molecule has 0 unspecified atom stereocenters. The molecule has 32 heavy (non-hydrogen) atoms. The van der Waals surface area contributed by atoms with E-state index >= 15 is 0 Å². The molecular weight excluding hydrogens is 407 g/mol. The van der Waals surface area contributed by atoms with Gasteiger partial charge in [0, 0.05) is 48.3 Å². The summed E-state index contributed by atoms with van der Waals surface area (Å²) in [6.07, 6.45) is 7.62. The Labute approximate surface area is 185 Å². The number of pyridine rings is 2. The molecule has 4 heterocycles. The quantitative estimate of drug-likeness (QED) is 0.495. The van der Waals surface area contributed by atoms with Crippen LogP contribution in [0.1, 0.15) is 40.6 Å². The van der Waals surface area contributed by atoms with E-state index in [-0.39, 0.29) is 11.7 Å². The molecular formula is C25H23FN4O2. The first-order chi connectivity index (χ1) is 15.6. The first-order valence-corrected chi connectivity index (χ1v) is 10.7. The van der Waals surface area contributed by atoms with Gasteiger partial charge in [-0.3, -0.25) is 9.78 Å². The van der Waals surface area contributed by atoms with Gasteiger partial charge in [0.2, 0.25) is 0 Å². The van der Waals surface area contributed by atoms with Crippen molar-refractivity contribution in [1.82, 2.24) is 14.4 Å². The summed E-state index contributed by atoms with van der Waals surface area (Å²) in [6.45, 7) is 3.31. The minimum Gasteiger partial charge on any atom is -0.381 e. The van der Waals surface area contributed by atoms with Gasteiger partial charge in [-0.15, -0.1) is 0 Å². The summed E-state index contributed by atoms with van der Waals surface area (Å²) in [4.78, 5) is 22.1. The summed E-state index contributed by atoms with van der Waals surface area (Å²) in [5.74, 6) is 0.776. The van der Waals surface area contributed by atoms with E-state index in [0.29, 0.717) is 22.9 Å². The number of nitrogens with zero attached hydrogens (tertiary/aromatic N) is 3. The summed E-state index contributed by atoms with van der Waals surface area (Å²) in [5.41, 5.74) is 4.39. The summed E-state index contributed by atoms with van der Waals surface area (Å²) < 4.78 is 20.8. The van der Waals surface area contributed by atoms with E-state index in [4.69, 9.17) is 9.72 Å². The molecule has 0 spiro atoms. The standard InChI is InChI=1S/C25H23FN4O2/c1-16-22(25(31)29-20-6-4-19(26)5-7-20)13-18(14-27-16)21-3-2-10-30-23(21)15-28-24(30)17-8-11-32-12-9-17/h2-7,10,13-15,17H,8-9,11-12H2,1H3,(H,29,31). The second-order valence-electron chi connectivity index (χ2n) is 8.00. The zero-order valence-electron chi connectivity index (χ0n) is 17.7. The normalized spacial score (nSPS) is 14.6. The number of rotatable bonds is 4. The number of aromatic nitrogens is 3. The maximum absolute atomic E-state index is 13.2. The molecule has 6 nitrogen and oxygen atoms in total. The Bertz CT molecular complexity index is 1280. The van der Waals surface area contributed by atoms with Gasteiger partial charge in [-0.05, 0) is 56.2 Å². The predicted molar refractivity (Wildman–Crippen MR) is 120 cm³/mol. The molecule has 0 radical (unpaired) electrons. The summed E-state index contributed by atoms with van der Waals surface area (Å²) in [6, 6.07) is 11.5. The first kappa shape index (κ1) is 20.3. The Morgan fingerprint density at radius 2 is 1.91 bits per heavy atom. The fraction of sp³-hybridized carbons (Fsp3) is 0.240. The number of carbonyl (C=O) groups excluding carboxylic acids is 1. The maximum Gasteiger partial charge on any atom is 0.257 e. The molecule has 162 valence electrons. The molecule has 1 aliphatic rings. The van der Waals surface area contributed by atoms with Crippen molar-refractivity contribution < 1.29 is 13.9 Å². The monoisotopic (exact) mass is 430 g/mol. The minimum atomic E-state index is -0.350. The Morgan fingerprint density at radius 3 is 2.69 bits per heavy atom. The van der Waals surface area contributed by atoms with Crippen LogP contribution in [-0.2, 0) is 4.74 Å². The lowest BCUT2D eigenvalue weighted by Crippen LogP contribution is -2.16. The zero-order valence-corrected chi connectivity index (χ0v) is 17.7. The van der Waals surface area contributed by atoms with E-state index < -0.39 is 0 Å². The van der Waals surface area contributed by atoms with Crippen LogP contribution in [0.25, 0.3) is 16.6 Å². The smallest absolute Gasteiger partial charge is 0.257 e. The van der Waals surface area contributed by atoms with E-state index in [1.165, 1.54) is 24.3 Å². The zero-order chi connectivity index (χ0) is 22.1. The van der Waals surface area contributed by atoms with E-state index in [0.717, 1.165) is 48.5 Å². The highest BCUT2D eigenvalue weighted by atomic mass is 19.1. The van der Waals surface area contributed by atoms with Gasteiger partial charge in [0.05, 0.1) is 23.0 Å². The number of hydrogen-bond donors (Lipinski definition) is 1. The minimum absolute atomic E-state index is 0.285. The third-order valence-corrected chi connectivity index (χ3v) is 5.93. The molecule has 1 aromatic carbocycles. The van der Waals surface area contributed by atoms with Crippen LogP contribution in [0.5, 0.6) is 0 Å². The van der Waals surface area contributed by atoms with Gasteiger partial charge >= 0.3 is 0 Å². The summed E-state index contributed by atoms with van der Waals surface area (Å²) >= 11 is 0. The number of benzene rings is 1. The van der Waals surface area contributed by atoms with Crippen LogP contribution in [0.15, 0.2) is 61.1 Å². The number of carbonyl (C=O) groups is 1. The molecule has 3 aromatic heterocycles. The van der Waals surface area contributed by atoms with E-state index in [1.807, 2.05) is 30.6 Å². The lowest BCUT2D eigenvalue weighted by Gasteiger charge is -2.21. The number of nitrogens with one attached hydrogen (secondary N) is 1. The van der Waals surface area contributed by atoms with Gasteiger partial charge in [-0.1, -0.05) is 6.07 Å². The third kappa shape index (κ3) is 3.87. The van der Waals surface area contributed by atoms with Gasteiger partial charge in [0.15, 0.2) is 0 Å². The molecule has 7 heteroatoms. The number of amides is 1. The van der Waals surface area contributed by atoms with Gasteiger partial charge in [-0.25, -0.2) is 9.37 Å². The molecule has 0 bridgehead atoms. The lowest BCUT2D eigenvalue weighted by atomic mass is 9.99. The molecule has 0 atom stereocenters. The molecule has 0 saturated carbocycles. The van der Waals surface area contributed by atoms with Gasteiger partial charge in [-0.2, -0.15) is 0 Å². The van der Waals surface area contributed by atoms with Crippen LogP contribution in [0.2, 0.25) is 0 Å². The maximum atomic E-state index is 13.2. The van der Waals surface area contributed by atoms with Gasteiger partial charge < -0.3 is 14.5 Å². The Morgan fingerprint density at radius 1 is 1.12 bits per heavy atom. The van der Waals surface area contributed by atoms with Crippen molar-refractivity contribution >= 4 is 17.1 Å². The van der Waals surface area contributed by atoms with Crippen LogP contribution >= 0.6 is 0 Å². The van der Waals surface area contributed by atoms with Crippen molar-refractivity contribution in [2.45, 2.75) is 25.7 Å². The van der Waals surface area contributed by atoms with Crippen LogP contribution < -0.4 is 5.32 Å². The molecule has 1 N–H and O–H groups in total. The Kier molecular flexibility index (Phi) is 5.41. The molecule has 1 saturated heterocycles. The van der Waals surface area contributed by atoms with Gasteiger partial charge in [0.25, 0.3) is 5.91 Å². The molecule has 1 amide bonds. The van der Waals surface area contributed by atoms with Crippen molar-refractivity contribution in [1.29, 1.82) is 0 Å². The fourth-order valence-corrected chi connectivity index (χ4v) is 4.19. The van der Waals surface area contributed by atoms with Crippen LogP contribution in [0, 0.1) is 12.7 Å². The van der Waals surface area contributed by atoms with Crippen molar-refractivity contribution in [3.8, 4) is 11.1 Å². The van der Waals surface area contributed by atoms with Crippen molar-refractivity contribution in [2.24, 2.45) is 0 Å². The number of imidazole rings is 1. The summed E-state index contributed by atoms with van der Waals surface area (Å²) in [7, 11) is 0. The summed E-state index contributed by atoms with van der Waals surface area (Å²) in [5, 5.41) is 2.81. The molecule has 4 aromatic rings. The van der Waals surface area contributed by atoms with Crippen molar-refractivity contribution in [3.05, 3.63) is 84.0 Å². The van der Waals surface area contributed by atoms with Crippen LogP contribution in [-0.4, -0.2) is 33.5 Å². The third-order valence-electron chi connectivity index (χ3n) is 5.93.